The van der Waals surface area contributed by atoms with Crippen LogP contribution in [-0.4, -0.2) is 17.0 Å². The first-order valence-electron chi connectivity index (χ1n) is 8.47. The van der Waals surface area contributed by atoms with E-state index < -0.39 is 10.8 Å². The van der Waals surface area contributed by atoms with Crippen molar-refractivity contribution in [3.63, 3.8) is 0 Å². The molecule has 10 heteroatoms. The van der Waals surface area contributed by atoms with E-state index in [2.05, 4.69) is 10.5 Å². The third kappa shape index (κ3) is 4.05. The number of nitrogens with one attached hydrogen (secondary N) is 1. The zero-order valence-electron chi connectivity index (χ0n) is 15.0. The normalized spacial score (nSPS) is 11.3. The van der Waals surface area contributed by atoms with Crippen LogP contribution in [-0.2, 0) is 0 Å². The molecule has 0 saturated carbocycles. The Hall–Kier alpha value is -3.62. The lowest BCUT2D eigenvalue weighted by Gasteiger charge is -2.00. The van der Waals surface area contributed by atoms with Crippen LogP contribution in [0.25, 0.3) is 22.3 Å². The Bertz CT molecular complexity index is 1310. The maximum absolute atomic E-state index is 12.2. The molecule has 4 aromatic rings. The molecule has 0 fully saturated rings. The smallest absolute Gasteiger partial charge is 0.307 e. The zero-order valence-corrected chi connectivity index (χ0v) is 16.5. The molecule has 2 aromatic heterocycles. The highest BCUT2D eigenvalue weighted by Gasteiger charge is 2.15. The van der Waals surface area contributed by atoms with Gasteiger partial charge in [0.05, 0.1) is 16.2 Å². The molecule has 4 rings (SSSR count). The molecule has 0 spiro atoms. The van der Waals surface area contributed by atoms with Crippen molar-refractivity contribution in [2.45, 2.75) is 0 Å². The minimum atomic E-state index is -0.613. The molecule has 150 valence electrons. The molecular weight excluding hydrogens is 433 g/mol. The highest BCUT2D eigenvalue weighted by molar-refractivity contribution is 6.36. The van der Waals surface area contributed by atoms with Crippen LogP contribution in [0.15, 0.2) is 68.5 Å². The largest absolute Gasteiger partial charge is 0.455 e. The fraction of sp³-hybridized carbons (Fsp3) is 0. The summed E-state index contributed by atoms with van der Waals surface area (Å²) in [6, 6.07) is 13.9. The first-order valence-corrected chi connectivity index (χ1v) is 9.23. The first-order chi connectivity index (χ1) is 14.4. The summed E-state index contributed by atoms with van der Waals surface area (Å²) >= 11 is 12.1. The maximum Gasteiger partial charge on any atom is 0.307 e. The third-order valence-corrected chi connectivity index (χ3v) is 4.66. The number of non-ortho nitro benzene ring substituents is 1. The van der Waals surface area contributed by atoms with Crippen LogP contribution < -0.4 is 5.43 Å². The van der Waals surface area contributed by atoms with Crippen LogP contribution in [0.1, 0.15) is 16.3 Å². The number of furan rings is 2. The molecule has 2 heterocycles. The molecule has 0 aliphatic carbocycles. The highest BCUT2D eigenvalue weighted by atomic mass is 35.5. The molecule has 0 bridgehead atoms. The van der Waals surface area contributed by atoms with E-state index in [1.807, 2.05) is 0 Å². The third-order valence-electron chi connectivity index (χ3n) is 4.12. The maximum atomic E-state index is 12.2. The van der Waals surface area contributed by atoms with Crippen LogP contribution in [0.2, 0.25) is 10.0 Å². The number of halogens is 2. The van der Waals surface area contributed by atoms with Crippen LogP contribution in [0.4, 0.5) is 5.69 Å². The SMILES string of the molecule is O=C(N/N=C/c1ccc(-c2ccc(Cl)cc2Cl)o1)c1cc2cc([N+](=O)[O-])ccc2o1. The number of nitro groups is 1. The lowest BCUT2D eigenvalue weighted by atomic mass is 10.2. The van der Waals surface area contributed by atoms with Gasteiger partial charge < -0.3 is 8.83 Å². The predicted octanol–water partition coefficient (Wildman–Crippen LogP) is 5.67. The molecular formula is C20H11Cl2N3O5. The van der Waals surface area contributed by atoms with Crippen molar-refractivity contribution in [2.75, 3.05) is 0 Å². The summed E-state index contributed by atoms with van der Waals surface area (Å²) < 4.78 is 11.0. The number of benzene rings is 2. The van der Waals surface area contributed by atoms with Gasteiger partial charge in [-0.05, 0) is 42.5 Å². The van der Waals surface area contributed by atoms with Gasteiger partial charge in [0.25, 0.3) is 5.69 Å². The lowest BCUT2D eigenvalue weighted by molar-refractivity contribution is -0.384. The number of hydrogen-bond donors (Lipinski definition) is 1. The van der Waals surface area contributed by atoms with E-state index in [0.717, 1.165) is 0 Å². The van der Waals surface area contributed by atoms with E-state index in [4.69, 9.17) is 32.0 Å². The summed E-state index contributed by atoms with van der Waals surface area (Å²) in [6.45, 7) is 0. The molecule has 0 saturated heterocycles. The van der Waals surface area contributed by atoms with E-state index in [1.165, 1.54) is 30.5 Å². The van der Waals surface area contributed by atoms with E-state index in [-0.39, 0.29) is 11.4 Å². The van der Waals surface area contributed by atoms with Gasteiger partial charge in [-0.2, -0.15) is 5.10 Å². The molecule has 30 heavy (non-hydrogen) atoms. The Kier molecular flexibility index (Phi) is 5.26. The molecule has 8 nitrogen and oxygen atoms in total. The van der Waals surface area contributed by atoms with Crippen molar-refractivity contribution >= 4 is 52.0 Å². The Morgan fingerprint density at radius 3 is 2.67 bits per heavy atom. The van der Waals surface area contributed by atoms with Crippen molar-refractivity contribution < 1.29 is 18.6 Å². The van der Waals surface area contributed by atoms with Gasteiger partial charge in [-0.1, -0.05) is 23.2 Å². The number of carbonyl (C=O) groups excluding carboxylic acids is 1. The summed E-state index contributed by atoms with van der Waals surface area (Å²) in [5, 5.41) is 16.1. The van der Waals surface area contributed by atoms with Crippen molar-refractivity contribution in [3.8, 4) is 11.3 Å². The van der Waals surface area contributed by atoms with Crippen molar-refractivity contribution in [1.82, 2.24) is 5.43 Å². The number of hydrogen-bond acceptors (Lipinski definition) is 6. The topological polar surface area (TPSA) is 111 Å². The van der Waals surface area contributed by atoms with Gasteiger partial charge in [0.15, 0.2) is 5.76 Å². The molecule has 0 aliphatic rings. The summed E-state index contributed by atoms with van der Waals surface area (Å²) in [6.07, 6.45) is 1.32. The fourth-order valence-electron chi connectivity index (χ4n) is 2.72. The Morgan fingerprint density at radius 1 is 1.07 bits per heavy atom. The van der Waals surface area contributed by atoms with Crippen molar-refractivity contribution in [2.24, 2.45) is 5.10 Å². The lowest BCUT2D eigenvalue weighted by Crippen LogP contribution is -2.16. The van der Waals surface area contributed by atoms with Crippen molar-refractivity contribution in [1.29, 1.82) is 0 Å². The minimum absolute atomic E-state index is 0.0317. The molecule has 2 aromatic carbocycles. The molecule has 0 aliphatic heterocycles. The van der Waals surface area contributed by atoms with Gasteiger partial charge in [0.1, 0.15) is 17.1 Å². The van der Waals surface area contributed by atoms with Gasteiger partial charge in [0, 0.05) is 28.1 Å². The summed E-state index contributed by atoms with van der Waals surface area (Å²) in [5.41, 5.74) is 3.24. The monoisotopic (exact) mass is 443 g/mol. The Balaban J connectivity index is 1.46. The van der Waals surface area contributed by atoms with Crippen LogP contribution >= 0.6 is 23.2 Å². The first kappa shape index (κ1) is 19.7. The highest BCUT2D eigenvalue weighted by Crippen LogP contribution is 2.31. The van der Waals surface area contributed by atoms with E-state index >= 15 is 0 Å². The molecule has 0 unspecified atom stereocenters. The second-order valence-electron chi connectivity index (χ2n) is 6.12. The van der Waals surface area contributed by atoms with Gasteiger partial charge in [-0.3, -0.25) is 14.9 Å². The van der Waals surface area contributed by atoms with E-state index in [1.54, 1.807) is 30.3 Å². The number of hydrazone groups is 1. The van der Waals surface area contributed by atoms with Gasteiger partial charge in [-0.25, -0.2) is 5.43 Å². The standard InChI is InChI=1S/C20H11Cl2N3O5/c21-12-1-4-15(16(22)9-12)18-6-3-14(29-18)10-23-24-20(26)19-8-11-7-13(25(27)28)2-5-17(11)30-19/h1-10H,(H,24,26)/b23-10+. The number of fused-ring (bicyclic) bond motifs is 1. The van der Waals surface area contributed by atoms with E-state index in [0.29, 0.717) is 38.1 Å². The number of rotatable bonds is 5. The quantitative estimate of drug-likeness (QED) is 0.242. The number of nitro benzene ring substituents is 1. The molecule has 1 N–H and O–H groups in total. The molecule has 0 radical (unpaired) electrons. The van der Waals surface area contributed by atoms with Crippen molar-refractivity contribution in [3.05, 3.63) is 86.3 Å². The number of carbonyl (C=O) groups is 1. The minimum Gasteiger partial charge on any atom is -0.455 e. The average Bonchev–Trinajstić information content (AvgIpc) is 3.34. The number of amides is 1. The molecule has 1 amide bonds. The second kappa shape index (κ2) is 8.02. The van der Waals surface area contributed by atoms with Crippen LogP contribution in [0.5, 0.6) is 0 Å². The van der Waals surface area contributed by atoms with Gasteiger partial charge in [-0.15, -0.1) is 0 Å². The van der Waals surface area contributed by atoms with Crippen LogP contribution in [0, 0.1) is 10.1 Å². The summed E-state index contributed by atoms with van der Waals surface area (Å²) in [5.74, 6) is 0.258. The predicted molar refractivity (Wildman–Crippen MR) is 112 cm³/mol. The molecule has 0 atom stereocenters. The Morgan fingerprint density at radius 2 is 1.90 bits per heavy atom. The fourth-order valence-corrected chi connectivity index (χ4v) is 3.22. The number of nitrogens with zero attached hydrogens (tertiary/aromatic N) is 2. The second-order valence-corrected chi connectivity index (χ2v) is 6.96. The van der Waals surface area contributed by atoms with Gasteiger partial charge in [0.2, 0.25) is 0 Å². The zero-order chi connectivity index (χ0) is 21.3. The van der Waals surface area contributed by atoms with Crippen LogP contribution in [0.3, 0.4) is 0 Å². The summed E-state index contributed by atoms with van der Waals surface area (Å²) in [7, 11) is 0. The van der Waals surface area contributed by atoms with E-state index in [9.17, 15) is 14.9 Å². The summed E-state index contributed by atoms with van der Waals surface area (Å²) in [4.78, 5) is 22.5. The van der Waals surface area contributed by atoms with Gasteiger partial charge >= 0.3 is 5.91 Å². The average molecular weight is 444 g/mol. The Labute approximate surface area is 178 Å².